The van der Waals surface area contributed by atoms with Gasteiger partial charge in [0.25, 0.3) is 0 Å². The van der Waals surface area contributed by atoms with Crippen LogP contribution in [0.25, 0.3) is 0 Å². The Morgan fingerprint density at radius 2 is 2.04 bits per heavy atom. The Morgan fingerprint density at radius 1 is 1.30 bits per heavy atom. The quantitative estimate of drug-likeness (QED) is 0.748. The number of hydrogen-bond donors (Lipinski definition) is 2. The first-order chi connectivity index (χ1) is 11.0. The molecule has 126 valence electrons. The van der Waals surface area contributed by atoms with Crippen LogP contribution in [-0.2, 0) is 21.6 Å². The van der Waals surface area contributed by atoms with Gasteiger partial charge < -0.3 is 4.74 Å². The van der Waals surface area contributed by atoms with Crippen molar-refractivity contribution < 1.29 is 17.9 Å². The van der Waals surface area contributed by atoms with Crippen molar-refractivity contribution in [2.45, 2.75) is 38.3 Å². The van der Waals surface area contributed by atoms with E-state index in [2.05, 4.69) is 11.3 Å². The highest BCUT2D eigenvalue weighted by Crippen LogP contribution is 2.28. The minimum Gasteiger partial charge on any atom is -0.444 e. The molecule has 0 radical (unpaired) electrons. The normalized spacial score (nSPS) is 20.9. The molecular formula is C16H22N2O4S. The molecule has 23 heavy (non-hydrogen) atoms. The molecule has 1 amide bonds. The lowest BCUT2D eigenvalue weighted by molar-refractivity contribution is 0.146. The number of allylic oxidation sites excluding steroid dienone is 1. The van der Waals surface area contributed by atoms with Crippen LogP contribution in [0.1, 0.15) is 31.2 Å². The molecule has 1 aliphatic rings. The molecule has 6 nitrogen and oxygen atoms in total. The van der Waals surface area contributed by atoms with Gasteiger partial charge in [0.2, 0.25) is 0 Å². The maximum atomic E-state index is 12.0. The zero-order chi connectivity index (χ0) is 16.7. The molecule has 2 atom stereocenters. The van der Waals surface area contributed by atoms with Gasteiger partial charge in [0, 0.05) is 6.04 Å². The predicted octanol–water partition coefficient (Wildman–Crippen LogP) is 2.49. The van der Waals surface area contributed by atoms with Crippen molar-refractivity contribution in [3.8, 4) is 0 Å². The fourth-order valence-electron chi connectivity index (χ4n) is 2.78. The number of rotatable bonds is 7. The molecule has 1 fully saturated rings. The largest absolute Gasteiger partial charge is 0.444 e. The van der Waals surface area contributed by atoms with E-state index in [0.29, 0.717) is 0 Å². The smallest absolute Gasteiger partial charge is 0.422 e. The van der Waals surface area contributed by atoms with Crippen molar-refractivity contribution in [3.63, 3.8) is 0 Å². The summed E-state index contributed by atoms with van der Waals surface area (Å²) in [5.41, 5.74) is 0.787. The number of hydrogen-bond acceptors (Lipinski definition) is 4. The summed E-state index contributed by atoms with van der Waals surface area (Å²) in [7, 11) is -3.93. The highest BCUT2D eigenvalue weighted by atomic mass is 32.2. The molecule has 0 unspecified atom stereocenters. The number of carbonyl (C=O) groups excluding carboxylic acids is 1. The van der Waals surface area contributed by atoms with Gasteiger partial charge in [-0.15, -0.1) is 6.58 Å². The molecule has 2 rings (SSSR count). The SMILES string of the molecule is C=CC[C@H]1CCC[C@H]1NS(=O)(=O)NC(=O)OCc1ccccc1. The third kappa shape index (κ3) is 5.69. The Bertz CT molecular complexity index is 631. The van der Waals surface area contributed by atoms with Gasteiger partial charge in [0.15, 0.2) is 0 Å². The minimum atomic E-state index is -3.93. The number of amides is 1. The van der Waals surface area contributed by atoms with Crippen molar-refractivity contribution in [1.82, 2.24) is 9.44 Å². The highest BCUT2D eigenvalue weighted by Gasteiger charge is 2.30. The summed E-state index contributed by atoms with van der Waals surface area (Å²) in [6.45, 7) is 3.71. The molecule has 1 aromatic rings. The first-order valence-corrected chi connectivity index (χ1v) is 9.10. The van der Waals surface area contributed by atoms with Crippen LogP contribution in [0, 0.1) is 5.92 Å². The second-order valence-corrected chi connectivity index (χ2v) is 7.05. The molecule has 0 heterocycles. The molecule has 0 spiro atoms. The van der Waals surface area contributed by atoms with E-state index in [9.17, 15) is 13.2 Å². The molecule has 0 saturated heterocycles. The number of ether oxygens (including phenoxy) is 1. The third-order valence-corrected chi connectivity index (χ3v) is 4.91. The monoisotopic (exact) mass is 338 g/mol. The highest BCUT2D eigenvalue weighted by molar-refractivity contribution is 7.88. The van der Waals surface area contributed by atoms with Gasteiger partial charge in [-0.05, 0) is 30.7 Å². The van der Waals surface area contributed by atoms with Gasteiger partial charge in [-0.3, -0.25) is 0 Å². The van der Waals surface area contributed by atoms with Gasteiger partial charge in [-0.1, -0.05) is 42.8 Å². The lowest BCUT2D eigenvalue weighted by atomic mass is 10.0. The van der Waals surface area contributed by atoms with Gasteiger partial charge in [-0.2, -0.15) is 13.1 Å². The number of nitrogens with one attached hydrogen (secondary N) is 2. The number of benzene rings is 1. The average Bonchev–Trinajstić information content (AvgIpc) is 2.92. The summed E-state index contributed by atoms with van der Waals surface area (Å²) in [4.78, 5) is 11.6. The van der Waals surface area contributed by atoms with Gasteiger partial charge >= 0.3 is 16.3 Å². The second kappa shape index (κ2) is 8.12. The fourth-order valence-corrected chi connectivity index (χ4v) is 3.83. The predicted molar refractivity (Wildman–Crippen MR) is 87.8 cm³/mol. The van der Waals surface area contributed by atoms with Crippen LogP contribution in [0.4, 0.5) is 4.79 Å². The summed E-state index contributed by atoms with van der Waals surface area (Å²) in [5.74, 6) is 0.226. The maximum Gasteiger partial charge on any atom is 0.422 e. The average molecular weight is 338 g/mol. The molecule has 1 saturated carbocycles. The third-order valence-electron chi connectivity index (χ3n) is 3.87. The zero-order valence-electron chi connectivity index (χ0n) is 12.9. The first kappa shape index (κ1) is 17.5. The van der Waals surface area contributed by atoms with E-state index in [1.54, 1.807) is 18.2 Å². The lowest BCUT2D eigenvalue weighted by Crippen LogP contribution is -2.46. The molecule has 0 aromatic heterocycles. The van der Waals surface area contributed by atoms with Crippen LogP contribution in [0.15, 0.2) is 43.0 Å². The molecule has 1 aliphatic carbocycles. The van der Waals surface area contributed by atoms with Crippen LogP contribution >= 0.6 is 0 Å². The van der Waals surface area contributed by atoms with Gasteiger partial charge in [0.1, 0.15) is 6.61 Å². The number of carbonyl (C=O) groups is 1. The summed E-state index contributed by atoms with van der Waals surface area (Å²) in [6, 6.07) is 8.88. The van der Waals surface area contributed by atoms with Crippen molar-refractivity contribution in [2.24, 2.45) is 5.92 Å². The Balaban J connectivity index is 1.83. The van der Waals surface area contributed by atoms with Gasteiger partial charge in [0.05, 0.1) is 0 Å². The van der Waals surface area contributed by atoms with Crippen LogP contribution < -0.4 is 9.44 Å². The van der Waals surface area contributed by atoms with Crippen LogP contribution in [0.2, 0.25) is 0 Å². The molecule has 2 N–H and O–H groups in total. The topological polar surface area (TPSA) is 84.5 Å². The van der Waals surface area contributed by atoms with Crippen LogP contribution in [-0.4, -0.2) is 20.6 Å². The molecule has 0 aliphatic heterocycles. The van der Waals surface area contributed by atoms with Crippen LogP contribution in [0.5, 0.6) is 0 Å². The molecule has 1 aromatic carbocycles. The van der Waals surface area contributed by atoms with Crippen molar-refractivity contribution in [2.75, 3.05) is 0 Å². The van der Waals surface area contributed by atoms with E-state index in [-0.39, 0.29) is 18.6 Å². The minimum absolute atomic E-state index is 0.0186. The molecular weight excluding hydrogens is 316 g/mol. The Morgan fingerprint density at radius 3 is 2.74 bits per heavy atom. The maximum absolute atomic E-state index is 12.0. The van der Waals surface area contributed by atoms with Crippen molar-refractivity contribution in [1.29, 1.82) is 0 Å². The summed E-state index contributed by atoms with van der Waals surface area (Å²) in [5, 5.41) is 0. The summed E-state index contributed by atoms with van der Waals surface area (Å²) < 4.78 is 33.4. The summed E-state index contributed by atoms with van der Waals surface area (Å²) in [6.07, 6.45) is 4.24. The first-order valence-electron chi connectivity index (χ1n) is 7.62. The Kier molecular flexibility index (Phi) is 6.18. The Hall–Kier alpha value is -1.86. The van der Waals surface area contributed by atoms with E-state index in [1.165, 1.54) is 0 Å². The van der Waals surface area contributed by atoms with Crippen molar-refractivity contribution in [3.05, 3.63) is 48.6 Å². The second-order valence-electron chi connectivity index (χ2n) is 5.61. The fraction of sp³-hybridized carbons (Fsp3) is 0.438. The van der Waals surface area contributed by atoms with Crippen LogP contribution in [0.3, 0.4) is 0 Å². The van der Waals surface area contributed by atoms with Gasteiger partial charge in [-0.25, -0.2) is 9.52 Å². The molecule has 7 heteroatoms. The van der Waals surface area contributed by atoms with E-state index >= 15 is 0 Å². The van der Waals surface area contributed by atoms with Crippen molar-refractivity contribution >= 4 is 16.3 Å². The van der Waals surface area contributed by atoms with E-state index in [4.69, 9.17) is 4.74 Å². The lowest BCUT2D eigenvalue weighted by Gasteiger charge is -2.19. The van der Waals surface area contributed by atoms with E-state index < -0.39 is 16.3 Å². The Labute approximate surface area is 137 Å². The summed E-state index contributed by atoms with van der Waals surface area (Å²) >= 11 is 0. The van der Waals surface area contributed by atoms with E-state index in [1.807, 2.05) is 22.9 Å². The zero-order valence-corrected chi connectivity index (χ0v) is 13.7. The van der Waals surface area contributed by atoms with E-state index in [0.717, 1.165) is 31.2 Å². The molecule has 0 bridgehead atoms. The standard InChI is InChI=1S/C16H22N2O4S/c1-2-7-14-10-6-11-15(14)17-23(20,21)18-16(19)22-12-13-8-4-3-5-9-13/h2-5,8-9,14-15,17H,1,6-7,10-12H2,(H,18,19)/t14-,15+/m0/s1.